The molecule has 3 rings (SSSR count). The quantitative estimate of drug-likeness (QED) is 0.710. The van der Waals surface area contributed by atoms with Crippen molar-refractivity contribution in [2.75, 3.05) is 19.0 Å². The van der Waals surface area contributed by atoms with Crippen molar-refractivity contribution in [2.45, 2.75) is 0 Å². The van der Waals surface area contributed by atoms with Crippen LogP contribution < -0.4 is 14.8 Å². The van der Waals surface area contributed by atoms with Gasteiger partial charge in [0.05, 0.1) is 17.3 Å². The van der Waals surface area contributed by atoms with Crippen molar-refractivity contribution in [2.24, 2.45) is 0 Å². The normalized spacial score (nSPS) is 10.5. The van der Waals surface area contributed by atoms with Gasteiger partial charge in [-0.25, -0.2) is 4.98 Å². The summed E-state index contributed by atoms with van der Waals surface area (Å²) in [5.41, 5.74) is 0.849. The van der Waals surface area contributed by atoms with E-state index in [4.69, 9.17) is 9.47 Å². The lowest BCUT2D eigenvalue weighted by Crippen LogP contribution is -2.19. The largest absolute Gasteiger partial charge is 0.497 e. The maximum atomic E-state index is 12.0. The molecule has 1 amide bonds. The average molecular weight is 393 g/mol. The van der Waals surface area contributed by atoms with E-state index in [-0.39, 0.29) is 12.5 Å². The minimum Gasteiger partial charge on any atom is -0.497 e. The fourth-order valence-corrected chi connectivity index (χ4v) is 3.38. The molecule has 2 aromatic carbocycles. The maximum absolute atomic E-state index is 12.0. The van der Waals surface area contributed by atoms with Gasteiger partial charge >= 0.3 is 0 Å². The van der Waals surface area contributed by atoms with E-state index < -0.39 is 0 Å². The van der Waals surface area contributed by atoms with E-state index in [9.17, 15) is 4.79 Å². The number of hydrogen-bond donors (Lipinski definition) is 1. The second kappa shape index (κ2) is 6.97. The zero-order valence-corrected chi connectivity index (χ0v) is 14.6. The average Bonchev–Trinajstić information content (AvgIpc) is 2.94. The fourth-order valence-electron chi connectivity index (χ4n) is 1.95. The highest BCUT2D eigenvalue weighted by Gasteiger charge is 2.09. The summed E-state index contributed by atoms with van der Waals surface area (Å²) in [5, 5.41) is 3.30. The molecule has 0 fully saturated rings. The first-order valence-corrected chi connectivity index (χ1v) is 8.38. The van der Waals surface area contributed by atoms with Gasteiger partial charge in [0.2, 0.25) is 0 Å². The van der Waals surface area contributed by atoms with Crippen molar-refractivity contribution in [1.29, 1.82) is 0 Å². The van der Waals surface area contributed by atoms with E-state index in [1.807, 2.05) is 24.3 Å². The highest BCUT2D eigenvalue weighted by Crippen LogP contribution is 2.28. The van der Waals surface area contributed by atoms with Crippen LogP contribution in [-0.4, -0.2) is 24.6 Å². The van der Waals surface area contributed by atoms with Crippen molar-refractivity contribution in [1.82, 2.24) is 4.98 Å². The number of nitrogens with zero attached hydrogens (tertiary/aromatic N) is 1. The first kappa shape index (κ1) is 15.8. The van der Waals surface area contributed by atoms with Gasteiger partial charge in [-0.2, -0.15) is 0 Å². The van der Waals surface area contributed by atoms with E-state index in [1.165, 1.54) is 11.3 Å². The molecule has 1 heterocycles. The fraction of sp³-hybridized carbons (Fsp3) is 0.125. The minimum atomic E-state index is -0.258. The zero-order chi connectivity index (χ0) is 16.2. The Labute approximate surface area is 145 Å². The molecule has 0 atom stereocenters. The lowest BCUT2D eigenvalue weighted by molar-refractivity contribution is -0.118. The number of ether oxygens (including phenoxy) is 2. The molecule has 0 spiro atoms. The molecular weight excluding hydrogens is 380 g/mol. The van der Waals surface area contributed by atoms with Crippen molar-refractivity contribution in [3.05, 3.63) is 46.9 Å². The number of hydrogen-bond acceptors (Lipinski definition) is 5. The highest BCUT2D eigenvalue weighted by molar-refractivity contribution is 9.10. The predicted octanol–water partition coefficient (Wildman–Crippen LogP) is 4.08. The number of methoxy groups -OCH3 is 1. The number of carbonyl (C=O) groups is 1. The van der Waals surface area contributed by atoms with Gasteiger partial charge in [0.1, 0.15) is 11.5 Å². The van der Waals surface area contributed by atoms with Gasteiger partial charge in [-0.1, -0.05) is 33.3 Å². The van der Waals surface area contributed by atoms with Gasteiger partial charge in [-0.05, 0) is 30.3 Å². The molecule has 7 heteroatoms. The molecular formula is C16H13BrN2O3S. The predicted molar refractivity (Wildman–Crippen MR) is 94.4 cm³/mol. The van der Waals surface area contributed by atoms with Crippen LogP contribution in [-0.2, 0) is 4.79 Å². The Morgan fingerprint density at radius 2 is 2.09 bits per heavy atom. The number of fused-ring (bicyclic) bond motifs is 1. The lowest BCUT2D eigenvalue weighted by atomic mass is 10.3. The molecule has 5 nitrogen and oxygen atoms in total. The van der Waals surface area contributed by atoms with E-state index in [0.717, 1.165) is 14.7 Å². The van der Waals surface area contributed by atoms with Crippen LogP contribution in [0.25, 0.3) is 10.2 Å². The number of thiazole rings is 1. The number of nitrogens with one attached hydrogen (secondary N) is 1. The molecule has 118 valence electrons. The maximum Gasteiger partial charge on any atom is 0.264 e. The van der Waals surface area contributed by atoms with Crippen molar-refractivity contribution >= 4 is 48.5 Å². The molecule has 0 saturated carbocycles. The van der Waals surface area contributed by atoms with Gasteiger partial charge in [0.25, 0.3) is 5.91 Å². The first-order chi connectivity index (χ1) is 11.1. The third kappa shape index (κ3) is 4.00. The molecule has 23 heavy (non-hydrogen) atoms. The minimum absolute atomic E-state index is 0.0905. The standard InChI is InChI=1S/C16H13BrN2O3S/c1-21-11-3-2-4-12(8-11)22-9-15(20)19-16-18-13-6-5-10(17)7-14(13)23-16/h2-8H,9H2,1H3,(H,18,19,20). The molecule has 0 radical (unpaired) electrons. The number of aromatic nitrogens is 1. The molecule has 0 aliphatic carbocycles. The second-order valence-electron chi connectivity index (χ2n) is 4.65. The summed E-state index contributed by atoms with van der Waals surface area (Å²) in [6.45, 7) is -0.0905. The first-order valence-electron chi connectivity index (χ1n) is 6.77. The molecule has 0 aliphatic rings. The number of halogens is 1. The summed E-state index contributed by atoms with van der Waals surface area (Å²) in [6, 6.07) is 12.9. The van der Waals surface area contributed by atoms with Crippen LogP contribution >= 0.6 is 27.3 Å². The summed E-state index contributed by atoms with van der Waals surface area (Å²) >= 11 is 4.84. The summed E-state index contributed by atoms with van der Waals surface area (Å²) < 4.78 is 12.5. The van der Waals surface area contributed by atoms with Crippen molar-refractivity contribution < 1.29 is 14.3 Å². The summed E-state index contributed by atoms with van der Waals surface area (Å²) in [6.07, 6.45) is 0. The third-order valence-corrected chi connectivity index (χ3v) is 4.43. The SMILES string of the molecule is COc1cccc(OCC(=O)Nc2nc3ccc(Br)cc3s2)c1. The topological polar surface area (TPSA) is 60.5 Å². The van der Waals surface area contributed by atoms with Gasteiger partial charge in [-0.3, -0.25) is 10.1 Å². The zero-order valence-electron chi connectivity index (χ0n) is 12.2. The number of carbonyl (C=O) groups excluding carboxylic acids is 1. The molecule has 0 unspecified atom stereocenters. The third-order valence-electron chi connectivity index (χ3n) is 3.01. The van der Waals surface area contributed by atoms with E-state index >= 15 is 0 Å². The van der Waals surface area contributed by atoms with E-state index in [0.29, 0.717) is 16.6 Å². The van der Waals surface area contributed by atoms with E-state index in [1.54, 1.807) is 25.3 Å². The molecule has 3 aromatic rings. The summed E-state index contributed by atoms with van der Waals surface area (Å²) in [7, 11) is 1.58. The van der Waals surface area contributed by atoms with Crippen LogP contribution in [0, 0.1) is 0 Å². The lowest BCUT2D eigenvalue weighted by Gasteiger charge is -2.07. The summed E-state index contributed by atoms with van der Waals surface area (Å²) in [5.74, 6) is 0.998. The smallest absolute Gasteiger partial charge is 0.264 e. The van der Waals surface area contributed by atoms with Crippen LogP contribution in [0.15, 0.2) is 46.9 Å². The Hall–Kier alpha value is -2.12. The van der Waals surface area contributed by atoms with Gasteiger partial charge in [0, 0.05) is 10.5 Å². The van der Waals surface area contributed by atoms with E-state index in [2.05, 4.69) is 26.2 Å². The molecule has 0 saturated heterocycles. The molecule has 1 aromatic heterocycles. The van der Waals surface area contributed by atoms with Gasteiger partial charge in [0.15, 0.2) is 11.7 Å². The van der Waals surface area contributed by atoms with Crippen molar-refractivity contribution in [3.63, 3.8) is 0 Å². The number of amides is 1. The highest BCUT2D eigenvalue weighted by atomic mass is 79.9. The Kier molecular flexibility index (Phi) is 4.78. The Bertz CT molecular complexity index is 850. The Morgan fingerprint density at radius 3 is 2.91 bits per heavy atom. The molecule has 0 aliphatic heterocycles. The monoisotopic (exact) mass is 392 g/mol. The van der Waals surface area contributed by atoms with Gasteiger partial charge in [-0.15, -0.1) is 0 Å². The number of benzene rings is 2. The van der Waals surface area contributed by atoms with Crippen LogP contribution in [0.3, 0.4) is 0 Å². The Balaban J connectivity index is 1.61. The second-order valence-corrected chi connectivity index (χ2v) is 6.59. The summed E-state index contributed by atoms with van der Waals surface area (Å²) in [4.78, 5) is 16.3. The van der Waals surface area contributed by atoms with Crippen molar-refractivity contribution in [3.8, 4) is 11.5 Å². The molecule has 1 N–H and O–H groups in total. The van der Waals surface area contributed by atoms with Crippen LogP contribution in [0.2, 0.25) is 0 Å². The van der Waals surface area contributed by atoms with Gasteiger partial charge < -0.3 is 9.47 Å². The number of anilines is 1. The molecule has 0 bridgehead atoms. The number of rotatable bonds is 5. The van der Waals surface area contributed by atoms with Crippen LogP contribution in [0.4, 0.5) is 5.13 Å². The van der Waals surface area contributed by atoms with Crippen LogP contribution in [0.1, 0.15) is 0 Å². The Morgan fingerprint density at radius 1 is 1.26 bits per heavy atom. The van der Waals surface area contributed by atoms with Crippen LogP contribution in [0.5, 0.6) is 11.5 Å².